The molecule has 0 atom stereocenters. The summed E-state index contributed by atoms with van der Waals surface area (Å²) in [5, 5.41) is 12.4. The molecule has 0 radical (unpaired) electrons. The number of hydrogen-bond donors (Lipinski definition) is 1. The highest BCUT2D eigenvalue weighted by Gasteiger charge is 2.14. The fourth-order valence-electron chi connectivity index (χ4n) is 2.52. The highest BCUT2D eigenvalue weighted by atomic mass is 35.5. The Labute approximate surface area is 193 Å². The number of aromatic nitrogens is 2. The molecule has 10 heteroatoms. The van der Waals surface area contributed by atoms with Crippen molar-refractivity contribution in [1.82, 2.24) is 9.97 Å². The lowest BCUT2D eigenvalue weighted by molar-refractivity contribution is -0.112. The van der Waals surface area contributed by atoms with Crippen LogP contribution in [0.3, 0.4) is 0 Å². The quantitative estimate of drug-likeness (QED) is 0.270. The molecule has 0 unspecified atom stereocenters. The van der Waals surface area contributed by atoms with E-state index in [0.29, 0.717) is 22.9 Å². The fraction of sp³-hybridized carbons (Fsp3) is 0.0909. The Kier molecular flexibility index (Phi) is 7.60. The van der Waals surface area contributed by atoms with E-state index in [1.807, 2.05) is 6.07 Å². The van der Waals surface area contributed by atoms with Crippen LogP contribution in [0, 0.1) is 17.1 Å². The van der Waals surface area contributed by atoms with Gasteiger partial charge in [-0.05, 0) is 66.6 Å². The third-order valence-electron chi connectivity index (χ3n) is 3.93. The molecule has 1 amide bonds. The highest BCUT2D eigenvalue weighted by molar-refractivity contribution is 6.30. The number of carbonyl (C=O) groups is 1. The van der Waals surface area contributed by atoms with Gasteiger partial charge in [0.1, 0.15) is 11.6 Å². The number of ether oxygens (including phenoxy) is 2. The van der Waals surface area contributed by atoms with Crippen molar-refractivity contribution in [2.24, 2.45) is 0 Å². The van der Waals surface area contributed by atoms with Crippen LogP contribution >= 0.6 is 23.2 Å². The molecule has 1 heterocycles. The summed E-state index contributed by atoms with van der Waals surface area (Å²) in [5.74, 6) is -1.33. The first-order valence-electron chi connectivity index (χ1n) is 9.21. The molecule has 162 valence electrons. The minimum absolute atomic E-state index is 0.135. The summed E-state index contributed by atoms with van der Waals surface area (Å²) in [6.45, 7) is 2.05. The van der Waals surface area contributed by atoms with Gasteiger partial charge < -0.3 is 14.8 Å². The van der Waals surface area contributed by atoms with E-state index in [4.69, 9.17) is 32.7 Å². The summed E-state index contributed by atoms with van der Waals surface area (Å²) in [5.41, 5.74) is 0.847. The number of anilines is 1. The predicted octanol–water partition coefficient (Wildman–Crippen LogP) is 5.66. The van der Waals surface area contributed by atoms with Crippen molar-refractivity contribution in [1.29, 1.82) is 5.26 Å². The molecule has 32 heavy (non-hydrogen) atoms. The van der Waals surface area contributed by atoms with Gasteiger partial charge in [-0.2, -0.15) is 14.6 Å². The van der Waals surface area contributed by atoms with Crippen LogP contribution in [-0.2, 0) is 4.79 Å². The van der Waals surface area contributed by atoms with Gasteiger partial charge in [-0.25, -0.2) is 4.98 Å². The zero-order valence-electron chi connectivity index (χ0n) is 16.6. The van der Waals surface area contributed by atoms with E-state index in [2.05, 4.69) is 15.3 Å². The molecule has 1 N–H and O–H groups in total. The predicted molar refractivity (Wildman–Crippen MR) is 118 cm³/mol. The topological polar surface area (TPSA) is 97.1 Å². The summed E-state index contributed by atoms with van der Waals surface area (Å²) in [6, 6.07) is 13.0. The molecule has 0 bridgehead atoms. The summed E-state index contributed by atoms with van der Waals surface area (Å²) in [7, 11) is 0. The second-order valence-corrected chi connectivity index (χ2v) is 6.94. The van der Waals surface area contributed by atoms with Crippen LogP contribution in [0.2, 0.25) is 10.3 Å². The van der Waals surface area contributed by atoms with Crippen LogP contribution in [-0.4, -0.2) is 22.5 Å². The summed E-state index contributed by atoms with van der Waals surface area (Å²) >= 11 is 11.5. The SMILES string of the molecule is CCOc1cc(/C=C(/C#N)C(=O)Nc2ccc(Cl)cc2)ccc1Oc1nc(Cl)ncc1F. The molecular weight excluding hydrogens is 458 g/mol. The number of nitrogens with zero attached hydrogens (tertiary/aromatic N) is 3. The van der Waals surface area contributed by atoms with E-state index in [-0.39, 0.29) is 28.2 Å². The van der Waals surface area contributed by atoms with Crippen molar-refractivity contribution in [3.63, 3.8) is 0 Å². The van der Waals surface area contributed by atoms with Gasteiger partial charge >= 0.3 is 0 Å². The molecule has 0 aliphatic rings. The Hall–Kier alpha value is -3.67. The molecule has 3 aromatic rings. The van der Waals surface area contributed by atoms with E-state index in [9.17, 15) is 14.4 Å². The van der Waals surface area contributed by atoms with Gasteiger partial charge in [-0.3, -0.25) is 4.79 Å². The van der Waals surface area contributed by atoms with Crippen LogP contribution in [0.4, 0.5) is 10.1 Å². The third kappa shape index (κ3) is 5.94. The largest absolute Gasteiger partial charge is 0.490 e. The first-order valence-corrected chi connectivity index (χ1v) is 9.96. The van der Waals surface area contributed by atoms with Crippen molar-refractivity contribution < 1.29 is 18.7 Å². The second-order valence-electron chi connectivity index (χ2n) is 6.16. The van der Waals surface area contributed by atoms with Gasteiger partial charge in [-0.1, -0.05) is 17.7 Å². The normalized spacial score (nSPS) is 10.9. The van der Waals surface area contributed by atoms with Gasteiger partial charge in [0.05, 0.1) is 12.8 Å². The average molecular weight is 473 g/mol. The molecule has 0 aliphatic carbocycles. The van der Waals surface area contributed by atoms with Crippen molar-refractivity contribution in [2.45, 2.75) is 6.92 Å². The molecule has 1 aromatic heterocycles. The van der Waals surface area contributed by atoms with Crippen LogP contribution in [0.1, 0.15) is 12.5 Å². The molecule has 0 saturated heterocycles. The molecule has 0 spiro atoms. The number of carbonyl (C=O) groups excluding carboxylic acids is 1. The van der Waals surface area contributed by atoms with Crippen LogP contribution < -0.4 is 14.8 Å². The second kappa shape index (κ2) is 10.6. The smallest absolute Gasteiger partial charge is 0.266 e. The van der Waals surface area contributed by atoms with Crippen LogP contribution in [0.15, 0.2) is 54.2 Å². The van der Waals surface area contributed by atoms with E-state index in [1.54, 1.807) is 43.3 Å². The molecule has 2 aromatic carbocycles. The van der Waals surface area contributed by atoms with Gasteiger partial charge in [-0.15, -0.1) is 0 Å². The number of nitriles is 1. The van der Waals surface area contributed by atoms with Crippen molar-refractivity contribution in [2.75, 3.05) is 11.9 Å². The Bertz CT molecular complexity index is 1210. The standard InChI is InChI=1S/C22H15Cl2FN4O3/c1-2-31-19-10-13(3-8-18(19)32-21-17(25)12-27-22(24)29-21)9-14(11-26)20(30)28-16-6-4-15(23)5-7-16/h3-10,12H,2H2,1H3,(H,28,30)/b14-9-. The maximum absolute atomic E-state index is 13.9. The average Bonchev–Trinajstić information content (AvgIpc) is 2.77. The van der Waals surface area contributed by atoms with Crippen LogP contribution in [0.25, 0.3) is 6.08 Å². The highest BCUT2D eigenvalue weighted by Crippen LogP contribution is 2.33. The summed E-state index contributed by atoms with van der Waals surface area (Å²) < 4.78 is 25.0. The van der Waals surface area contributed by atoms with Crippen LogP contribution in [0.5, 0.6) is 17.4 Å². The van der Waals surface area contributed by atoms with Gasteiger partial charge in [0.15, 0.2) is 11.5 Å². The zero-order valence-corrected chi connectivity index (χ0v) is 18.1. The number of amides is 1. The Morgan fingerprint density at radius 2 is 1.97 bits per heavy atom. The Balaban J connectivity index is 1.86. The summed E-state index contributed by atoms with van der Waals surface area (Å²) in [4.78, 5) is 19.7. The summed E-state index contributed by atoms with van der Waals surface area (Å²) in [6.07, 6.45) is 2.28. The number of hydrogen-bond acceptors (Lipinski definition) is 6. The molecule has 0 aliphatic heterocycles. The van der Waals surface area contributed by atoms with Crippen molar-refractivity contribution in [3.05, 3.63) is 75.9 Å². The maximum atomic E-state index is 13.9. The molecule has 3 rings (SSSR count). The molecule has 0 fully saturated rings. The number of halogens is 3. The van der Waals surface area contributed by atoms with E-state index in [0.717, 1.165) is 6.20 Å². The first-order chi connectivity index (χ1) is 15.4. The van der Waals surface area contributed by atoms with E-state index < -0.39 is 11.7 Å². The molecule has 7 nitrogen and oxygen atoms in total. The Morgan fingerprint density at radius 1 is 1.22 bits per heavy atom. The van der Waals surface area contributed by atoms with E-state index in [1.165, 1.54) is 12.1 Å². The maximum Gasteiger partial charge on any atom is 0.266 e. The van der Waals surface area contributed by atoms with Gasteiger partial charge in [0.25, 0.3) is 11.8 Å². The third-order valence-corrected chi connectivity index (χ3v) is 4.37. The van der Waals surface area contributed by atoms with Gasteiger partial charge in [0, 0.05) is 10.7 Å². The van der Waals surface area contributed by atoms with E-state index >= 15 is 0 Å². The van der Waals surface area contributed by atoms with Crippen molar-refractivity contribution in [3.8, 4) is 23.4 Å². The lowest BCUT2D eigenvalue weighted by Gasteiger charge is -2.12. The lowest BCUT2D eigenvalue weighted by Crippen LogP contribution is -2.13. The first kappa shape index (κ1) is 23.0. The molecular formula is C22H15Cl2FN4O3. The number of benzene rings is 2. The molecule has 0 saturated carbocycles. The minimum atomic E-state index is -0.800. The fourth-order valence-corrected chi connectivity index (χ4v) is 2.77. The zero-order chi connectivity index (χ0) is 23.1. The number of rotatable bonds is 7. The lowest BCUT2D eigenvalue weighted by atomic mass is 10.1. The number of nitrogens with one attached hydrogen (secondary N) is 1. The van der Waals surface area contributed by atoms with Gasteiger partial charge in [0.2, 0.25) is 11.1 Å². The van der Waals surface area contributed by atoms with Crippen molar-refractivity contribution >= 4 is 40.9 Å². The Morgan fingerprint density at radius 3 is 2.66 bits per heavy atom. The minimum Gasteiger partial charge on any atom is -0.490 e. The monoisotopic (exact) mass is 472 g/mol.